The van der Waals surface area contributed by atoms with Gasteiger partial charge in [0.05, 0.1) is 11.4 Å². The summed E-state index contributed by atoms with van der Waals surface area (Å²) in [5, 5.41) is 7.15. The lowest BCUT2D eigenvalue weighted by atomic mass is 10.2. The van der Waals surface area contributed by atoms with Crippen LogP contribution in [0, 0.1) is 0 Å². The highest BCUT2D eigenvalue weighted by Crippen LogP contribution is 2.16. The van der Waals surface area contributed by atoms with Crippen molar-refractivity contribution in [3.05, 3.63) is 46.7 Å². The Morgan fingerprint density at radius 1 is 1.12 bits per heavy atom. The van der Waals surface area contributed by atoms with Gasteiger partial charge < -0.3 is 10.6 Å². The highest BCUT2D eigenvalue weighted by molar-refractivity contribution is 7.92. The number of thiophene rings is 1. The summed E-state index contributed by atoms with van der Waals surface area (Å²) in [6.45, 7) is 1.40. The molecular formula is C17H21N3O4S2. The molecule has 3 N–H and O–H groups in total. The van der Waals surface area contributed by atoms with E-state index in [0.717, 1.165) is 4.88 Å². The van der Waals surface area contributed by atoms with Crippen molar-refractivity contribution in [3.8, 4) is 0 Å². The summed E-state index contributed by atoms with van der Waals surface area (Å²) in [7, 11) is -3.61. The van der Waals surface area contributed by atoms with Crippen LogP contribution >= 0.6 is 11.3 Å². The molecule has 26 heavy (non-hydrogen) atoms. The molecule has 2 aromatic rings. The topological polar surface area (TPSA) is 104 Å². The van der Waals surface area contributed by atoms with Gasteiger partial charge in [-0.1, -0.05) is 12.1 Å². The van der Waals surface area contributed by atoms with E-state index >= 15 is 0 Å². The predicted octanol–water partition coefficient (Wildman–Crippen LogP) is 2.20. The molecule has 0 radical (unpaired) electrons. The fraction of sp³-hybridized carbons (Fsp3) is 0.294. The number of rotatable bonds is 9. The molecule has 0 aliphatic heterocycles. The molecule has 1 aromatic heterocycles. The van der Waals surface area contributed by atoms with Gasteiger partial charge >= 0.3 is 0 Å². The van der Waals surface area contributed by atoms with Crippen molar-refractivity contribution in [1.82, 2.24) is 5.32 Å². The maximum atomic E-state index is 12.1. The first-order chi connectivity index (χ1) is 12.3. The van der Waals surface area contributed by atoms with Crippen LogP contribution in [0.25, 0.3) is 0 Å². The number of carbonyl (C=O) groups excluding carboxylic acids is 2. The molecule has 0 atom stereocenters. The molecule has 0 fully saturated rings. The van der Waals surface area contributed by atoms with Gasteiger partial charge in [0.25, 0.3) is 0 Å². The van der Waals surface area contributed by atoms with E-state index in [0.29, 0.717) is 24.2 Å². The third kappa shape index (κ3) is 7.24. The molecule has 9 heteroatoms. The number of hydrogen-bond acceptors (Lipinski definition) is 5. The maximum absolute atomic E-state index is 12.1. The predicted molar refractivity (Wildman–Crippen MR) is 104 cm³/mol. The number of anilines is 2. The van der Waals surface area contributed by atoms with E-state index in [1.54, 1.807) is 29.5 Å². The summed E-state index contributed by atoms with van der Waals surface area (Å²) in [5.74, 6) is -0.654. The van der Waals surface area contributed by atoms with Gasteiger partial charge in [-0.25, -0.2) is 8.42 Å². The minimum atomic E-state index is -3.61. The highest BCUT2D eigenvalue weighted by atomic mass is 32.2. The number of amides is 2. The smallest absolute Gasteiger partial charge is 0.234 e. The second-order valence-corrected chi connectivity index (χ2v) is 8.49. The Bertz CT molecular complexity index is 849. The van der Waals surface area contributed by atoms with Gasteiger partial charge in [0.1, 0.15) is 0 Å². The van der Waals surface area contributed by atoms with Crippen LogP contribution in [-0.2, 0) is 26.0 Å². The van der Waals surface area contributed by atoms with Crippen molar-refractivity contribution >= 4 is 44.5 Å². The van der Waals surface area contributed by atoms with Crippen molar-refractivity contribution in [2.75, 3.05) is 22.3 Å². The number of hydrogen-bond donors (Lipinski definition) is 3. The Morgan fingerprint density at radius 3 is 2.58 bits per heavy atom. The van der Waals surface area contributed by atoms with E-state index in [1.807, 2.05) is 17.5 Å². The van der Waals surface area contributed by atoms with Crippen LogP contribution in [0.3, 0.4) is 0 Å². The standard InChI is InChI=1S/C17H21N3O4S2/c1-13(21)19-14-4-2-5-15(12-14)20-26(23,24)11-9-18-17(22)8-7-16-6-3-10-25-16/h2-6,10,12,20H,7-9,11H2,1H3,(H,18,22)(H,19,21). The van der Waals surface area contributed by atoms with E-state index in [1.165, 1.54) is 13.0 Å². The Hall–Kier alpha value is -2.39. The third-order valence-corrected chi connectivity index (χ3v) is 5.55. The van der Waals surface area contributed by atoms with Gasteiger partial charge in [0.15, 0.2) is 0 Å². The first-order valence-electron chi connectivity index (χ1n) is 8.01. The molecule has 0 aliphatic carbocycles. The molecule has 1 heterocycles. The van der Waals surface area contributed by atoms with Crippen molar-refractivity contribution < 1.29 is 18.0 Å². The molecule has 7 nitrogen and oxygen atoms in total. The zero-order valence-corrected chi connectivity index (χ0v) is 16.0. The average molecular weight is 396 g/mol. The second-order valence-electron chi connectivity index (χ2n) is 5.61. The van der Waals surface area contributed by atoms with E-state index in [-0.39, 0.29) is 24.1 Å². The molecule has 2 amide bonds. The number of aryl methyl sites for hydroxylation is 1. The zero-order chi connectivity index (χ0) is 19.0. The molecule has 0 aliphatic rings. The third-order valence-electron chi connectivity index (χ3n) is 3.33. The van der Waals surface area contributed by atoms with Crippen molar-refractivity contribution in [2.24, 2.45) is 0 Å². The minimum absolute atomic E-state index is 0.0317. The molecule has 0 spiro atoms. The fourth-order valence-corrected chi connectivity index (χ4v) is 3.87. The molecule has 2 rings (SSSR count). The van der Waals surface area contributed by atoms with Gasteiger partial charge in [-0.3, -0.25) is 14.3 Å². The van der Waals surface area contributed by atoms with Gasteiger partial charge in [0.2, 0.25) is 21.8 Å². The van der Waals surface area contributed by atoms with Crippen LogP contribution in [-0.4, -0.2) is 32.5 Å². The SMILES string of the molecule is CC(=O)Nc1cccc(NS(=O)(=O)CCNC(=O)CCc2cccs2)c1. The van der Waals surface area contributed by atoms with Gasteiger partial charge in [-0.15, -0.1) is 11.3 Å². The van der Waals surface area contributed by atoms with Crippen LogP contribution in [0.15, 0.2) is 41.8 Å². The van der Waals surface area contributed by atoms with Gasteiger partial charge in [-0.2, -0.15) is 0 Å². The van der Waals surface area contributed by atoms with Crippen molar-refractivity contribution in [3.63, 3.8) is 0 Å². The first-order valence-corrected chi connectivity index (χ1v) is 10.5. The lowest BCUT2D eigenvalue weighted by molar-refractivity contribution is -0.121. The van der Waals surface area contributed by atoms with Gasteiger partial charge in [-0.05, 0) is 36.1 Å². The Balaban J connectivity index is 1.77. The van der Waals surface area contributed by atoms with Crippen LogP contribution < -0.4 is 15.4 Å². The lowest BCUT2D eigenvalue weighted by Gasteiger charge is -2.10. The fourth-order valence-electron chi connectivity index (χ4n) is 2.20. The summed E-state index contributed by atoms with van der Waals surface area (Å²) in [5.41, 5.74) is 0.847. The zero-order valence-electron chi connectivity index (χ0n) is 14.3. The summed E-state index contributed by atoms with van der Waals surface area (Å²) >= 11 is 1.59. The lowest BCUT2D eigenvalue weighted by Crippen LogP contribution is -2.31. The number of nitrogens with one attached hydrogen (secondary N) is 3. The Kier molecular flexibility index (Phi) is 7.16. The monoisotopic (exact) mass is 395 g/mol. The van der Waals surface area contributed by atoms with Crippen LogP contribution in [0.2, 0.25) is 0 Å². The minimum Gasteiger partial charge on any atom is -0.355 e. The highest BCUT2D eigenvalue weighted by Gasteiger charge is 2.12. The molecular weight excluding hydrogens is 374 g/mol. The van der Waals surface area contributed by atoms with Crippen molar-refractivity contribution in [2.45, 2.75) is 19.8 Å². The van der Waals surface area contributed by atoms with E-state index < -0.39 is 10.0 Å². The molecule has 0 bridgehead atoms. The van der Waals surface area contributed by atoms with Crippen LogP contribution in [0.1, 0.15) is 18.2 Å². The number of sulfonamides is 1. The summed E-state index contributed by atoms with van der Waals surface area (Å²) in [6.07, 6.45) is 0.969. The van der Waals surface area contributed by atoms with Crippen molar-refractivity contribution in [1.29, 1.82) is 0 Å². The van der Waals surface area contributed by atoms with Crippen LogP contribution in [0.5, 0.6) is 0 Å². The summed E-state index contributed by atoms with van der Waals surface area (Å²) in [4.78, 5) is 23.9. The quantitative estimate of drug-likeness (QED) is 0.605. The van der Waals surface area contributed by atoms with Crippen LogP contribution in [0.4, 0.5) is 11.4 Å². The molecule has 1 aromatic carbocycles. The largest absolute Gasteiger partial charge is 0.355 e. The average Bonchev–Trinajstić information content (AvgIpc) is 3.05. The second kappa shape index (κ2) is 9.35. The number of benzene rings is 1. The molecule has 0 unspecified atom stereocenters. The molecule has 0 saturated heterocycles. The number of carbonyl (C=O) groups is 2. The summed E-state index contributed by atoms with van der Waals surface area (Å²) < 4.78 is 26.7. The van der Waals surface area contributed by atoms with E-state index in [9.17, 15) is 18.0 Å². The molecule has 0 saturated carbocycles. The summed E-state index contributed by atoms with van der Waals surface area (Å²) in [6, 6.07) is 10.3. The molecule has 140 valence electrons. The normalized spacial score (nSPS) is 11.0. The maximum Gasteiger partial charge on any atom is 0.234 e. The van der Waals surface area contributed by atoms with E-state index in [4.69, 9.17) is 0 Å². The van der Waals surface area contributed by atoms with E-state index in [2.05, 4.69) is 15.4 Å². The first kappa shape index (κ1) is 19.9. The van der Waals surface area contributed by atoms with Gasteiger partial charge in [0, 0.05) is 30.5 Å². The Morgan fingerprint density at radius 2 is 1.88 bits per heavy atom. The Labute approximate surface area is 156 Å².